The van der Waals surface area contributed by atoms with Gasteiger partial charge in [-0.3, -0.25) is 5.32 Å². The molecule has 0 spiro atoms. The Balaban J connectivity index is 0.000000310. The molecule has 0 unspecified atom stereocenters. The maximum absolute atomic E-state index is 12.2. The van der Waals surface area contributed by atoms with Gasteiger partial charge in [-0.05, 0) is 70.9 Å². The molecule has 2 amide bonds. The van der Waals surface area contributed by atoms with Gasteiger partial charge in [0.2, 0.25) is 0 Å². The third-order valence-electron chi connectivity index (χ3n) is 7.49. The van der Waals surface area contributed by atoms with Gasteiger partial charge in [0.15, 0.2) is 23.0 Å². The summed E-state index contributed by atoms with van der Waals surface area (Å²) in [6.07, 6.45) is -0.124. The van der Waals surface area contributed by atoms with E-state index in [0.717, 1.165) is 11.1 Å². The largest absolute Gasteiger partial charge is 0.504 e. The number of alkyl carbamates (subject to hydrolysis) is 2. The lowest BCUT2D eigenvalue weighted by Gasteiger charge is -2.23. The molecule has 310 valence electrons. The van der Waals surface area contributed by atoms with Crippen LogP contribution >= 0.6 is 0 Å². The number of para-hydroxylation sites is 2. The number of benzene rings is 4. The lowest BCUT2D eigenvalue weighted by atomic mass is 10.0. The van der Waals surface area contributed by atoms with Gasteiger partial charge in [-0.1, -0.05) is 84.9 Å². The average molecular weight is 801 g/mol. The molecule has 0 heterocycles. The van der Waals surface area contributed by atoms with Crippen LogP contribution in [0.1, 0.15) is 63.8 Å². The van der Waals surface area contributed by atoms with Gasteiger partial charge < -0.3 is 44.0 Å². The average Bonchev–Trinajstić information content (AvgIpc) is 3.16. The number of aromatic hydroxyl groups is 2. The number of rotatable bonds is 13. The zero-order valence-electron chi connectivity index (χ0n) is 34.0. The number of carbonyl (C=O) groups excluding carboxylic acids is 4. The normalized spacial score (nSPS) is 11.8. The van der Waals surface area contributed by atoms with E-state index in [2.05, 4.69) is 10.6 Å². The van der Waals surface area contributed by atoms with Crippen LogP contribution in [0.3, 0.4) is 0 Å². The number of esters is 2. The van der Waals surface area contributed by atoms with Crippen LogP contribution in [-0.2, 0) is 48.2 Å². The van der Waals surface area contributed by atoms with Gasteiger partial charge in [0.05, 0.1) is 14.2 Å². The molecule has 58 heavy (non-hydrogen) atoms. The zero-order chi connectivity index (χ0) is 42.9. The first kappa shape index (κ1) is 45.7. The summed E-state index contributed by atoms with van der Waals surface area (Å²) in [5.41, 5.74) is 1.17. The summed E-state index contributed by atoms with van der Waals surface area (Å²) in [6, 6.07) is 27.5. The molecule has 4 aromatic carbocycles. The van der Waals surface area contributed by atoms with Gasteiger partial charge in [0.1, 0.15) is 36.2 Å². The molecule has 4 rings (SSSR count). The predicted molar refractivity (Wildman–Crippen MR) is 216 cm³/mol. The molecule has 0 aliphatic rings. The molecular formula is C44H52N2O12. The van der Waals surface area contributed by atoms with E-state index in [1.54, 1.807) is 65.8 Å². The second kappa shape index (κ2) is 21.6. The second-order valence-corrected chi connectivity index (χ2v) is 14.6. The molecule has 4 N–H and O–H groups in total. The molecule has 0 bridgehead atoms. The molecule has 0 fully saturated rings. The third-order valence-corrected chi connectivity index (χ3v) is 7.49. The lowest BCUT2D eigenvalue weighted by molar-refractivity contribution is -0.143. The van der Waals surface area contributed by atoms with Gasteiger partial charge in [-0.15, -0.1) is 0 Å². The van der Waals surface area contributed by atoms with Gasteiger partial charge in [0.25, 0.3) is 0 Å². The minimum Gasteiger partial charge on any atom is -0.504 e. The summed E-state index contributed by atoms with van der Waals surface area (Å²) >= 11 is 0. The molecule has 4 aromatic rings. The van der Waals surface area contributed by atoms with Crippen molar-refractivity contribution in [3.8, 4) is 23.0 Å². The van der Waals surface area contributed by atoms with Crippen LogP contribution in [0.5, 0.6) is 23.0 Å². The Morgan fingerprint density at radius 3 is 1.66 bits per heavy atom. The van der Waals surface area contributed by atoms with Crippen molar-refractivity contribution < 1.29 is 57.8 Å². The maximum atomic E-state index is 12.2. The van der Waals surface area contributed by atoms with Gasteiger partial charge in [-0.2, -0.15) is 0 Å². The molecule has 1 atom stereocenters. The van der Waals surface area contributed by atoms with Crippen LogP contribution in [0.25, 0.3) is 6.08 Å². The van der Waals surface area contributed by atoms with Crippen molar-refractivity contribution in [2.75, 3.05) is 14.2 Å². The highest BCUT2D eigenvalue weighted by Gasteiger charge is 2.27. The highest BCUT2D eigenvalue weighted by molar-refractivity contribution is 5.97. The Hall–Kier alpha value is -6.70. The van der Waals surface area contributed by atoms with E-state index in [1.807, 2.05) is 60.7 Å². The van der Waals surface area contributed by atoms with E-state index in [4.69, 9.17) is 28.4 Å². The second-order valence-electron chi connectivity index (χ2n) is 14.6. The SMILES string of the molecule is COC(=O)/C(=C/c1cccc(O)c1OCc1ccccc1)NC(=O)OC(C)(C)C.COC(=O)[C@H](Cc1cccc(O)c1OCc1ccccc1)NC(=O)OC(C)(C)C. The van der Waals surface area contributed by atoms with E-state index in [-0.39, 0.29) is 48.3 Å². The first-order valence-electron chi connectivity index (χ1n) is 18.2. The van der Waals surface area contributed by atoms with Gasteiger partial charge in [-0.25, -0.2) is 19.2 Å². The van der Waals surface area contributed by atoms with Crippen molar-refractivity contribution in [1.82, 2.24) is 10.6 Å². The summed E-state index contributed by atoms with van der Waals surface area (Å²) in [5, 5.41) is 25.4. The highest BCUT2D eigenvalue weighted by atomic mass is 16.6. The first-order valence-corrected chi connectivity index (χ1v) is 18.2. The number of methoxy groups -OCH3 is 2. The van der Waals surface area contributed by atoms with Crippen molar-refractivity contribution in [2.45, 2.75) is 78.4 Å². The zero-order valence-corrected chi connectivity index (χ0v) is 34.0. The maximum Gasteiger partial charge on any atom is 0.412 e. The monoisotopic (exact) mass is 800 g/mol. The molecule has 0 aromatic heterocycles. The molecule has 0 aliphatic carbocycles. The summed E-state index contributed by atoms with van der Waals surface area (Å²) in [5.74, 6) is -1.14. The van der Waals surface area contributed by atoms with E-state index >= 15 is 0 Å². The smallest absolute Gasteiger partial charge is 0.412 e. The Bertz CT molecular complexity index is 2000. The fourth-order valence-corrected chi connectivity index (χ4v) is 5.00. The van der Waals surface area contributed by atoms with Gasteiger partial charge in [0, 0.05) is 17.5 Å². The number of phenols is 2. The van der Waals surface area contributed by atoms with E-state index in [0.29, 0.717) is 11.1 Å². The Morgan fingerprint density at radius 1 is 0.638 bits per heavy atom. The molecule has 14 heteroatoms. The number of carbonyl (C=O) groups is 4. The molecule has 0 radical (unpaired) electrons. The van der Waals surface area contributed by atoms with Crippen molar-refractivity contribution in [1.29, 1.82) is 0 Å². The molecule has 0 saturated heterocycles. The van der Waals surface area contributed by atoms with Crippen LogP contribution in [0.2, 0.25) is 0 Å². The van der Waals surface area contributed by atoms with Crippen LogP contribution in [-0.4, -0.2) is 65.8 Å². The van der Waals surface area contributed by atoms with Crippen molar-refractivity contribution in [2.24, 2.45) is 0 Å². The van der Waals surface area contributed by atoms with E-state index < -0.39 is 41.4 Å². The van der Waals surface area contributed by atoms with Crippen molar-refractivity contribution >= 4 is 30.2 Å². The Morgan fingerprint density at radius 2 is 1.14 bits per heavy atom. The van der Waals surface area contributed by atoms with E-state index in [1.165, 1.54) is 32.4 Å². The minimum absolute atomic E-state index is 0.0562. The minimum atomic E-state index is -1.00. The third kappa shape index (κ3) is 15.8. The molecular weight excluding hydrogens is 748 g/mol. The fraction of sp³-hybridized carbons (Fsp3) is 0.318. The number of phenolic OH excluding ortho intramolecular Hbond substituents is 2. The quantitative estimate of drug-likeness (QED) is 0.0590. The number of amides is 2. The van der Waals surface area contributed by atoms with Gasteiger partial charge >= 0.3 is 24.1 Å². The van der Waals surface area contributed by atoms with Crippen LogP contribution < -0.4 is 20.1 Å². The Labute approximate surface area is 338 Å². The number of ether oxygens (including phenoxy) is 6. The van der Waals surface area contributed by atoms with Crippen LogP contribution in [0.4, 0.5) is 9.59 Å². The van der Waals surface area contributed by atoms with Crippen molar-refractivity contribution in [3.05, 3.63) is 125 Å². The molecule has 0 aliphatic heterocycles. The number of hydrogen-bond acceptors (Lipinski definition) is 12. The topological polar surface area (TPSA) is 188 Å². The van der Waals surface area contributed by atoms with Crippen LogP contribution in [0, 0.1) is 0 Å². The standard InChI is InChI=1S/C22H27NO6.C22H25NO6/c2*1-22(2,3)29-21(26)23-17(20(25)27-4)13-16-11-8-12-18(24)19(16)28-14-15-9-6-5-7-10-15/h5-12,17,24H,13-14H2,1-4H3,(H,23,26);5-13,24H,14H2,1-4H3,(H,23,26)/b;17-13-/t17-;/m0./s1. The fourth-order valence-electron chi connectivity index (χ4n) is 5.00. The van der Waals surface area contributed by atoms with Crippen molar-refractivity contribution in [3.63, 3.8) is 0 Å². The number of hydrogen-bond donors (Lipinski definition) is 4. The molecule has 14 nitrogen and oxygen atoms in total. The summed E-state index contributed by atoms with van der Waals surface area (Å²) in [7, 11) is 2.43. The summed E-state index contributed by atoms with van der Waals surface area (Å²) in [6.45, 7) is 10.8. The molecule has 0 saturated carbocycles. The highest BCUT2D eigenvalue weighted by Crippen LogP contribution is 2.33. The predicted octanol–water partition coefficient (Wildman–Crippen LogP) is 7.59. The van der Waals surface area contributed by atoms with E-state index in [9.17, 15) is 29.4 Å². The Kier molecular flexibility index (Phi) is 17.0. The summed E-state index contributed by atoms with van der Waals surface area (Å²) in [4.78, 5) is 48.5. The lowest BCUT2D eigenvalue weighted by Crippen LogP contribution is -2.45. The first-order chi connectivity index (χ1) is 27.4. The number of nitrogens with one attached hydrogen (secondary N) is 2. The van der Waals surface area contributed by atoms with Crippen LogP contribution in [0.15, 0.2) is 103 Å². The summed E-state index contributed by atoms with van der Waals surface area (Å²) < 4.78 is 31.5.